The van der Waals surface area contributed by atoms with E-state index in [2.05, 4.69) is 183 Å². The van der Waals surface area contributed by atoms with E-state index in [4.69, 9.17) is 10.6 Å². The molecule has 0 fully saturated rings. The van der Waals surface area contributed by atoms with Crippen LogP contribution in [0.1, 0.15) is 181 Å². The number of nitrogens with two attached hydrogens (primary N) is 1. The van der Waals surface area contributed by atoms with Crippen LogP contribution in [-0.4, -0.2) is 47.5 Å². The van der Waals surface area contributed by atoms with Crippen molar-refractivity contribution in [3.63, 3.8) is 0 Å². The quantitative estimate of drug-likeness (QED) is 0.0721. The number of aromatic nitrogens is 2. The first-order valence-corrected chi connectivity index (χ1v) is 31.6. The van der Waals surface area contributed by atoms with Crippen LogP contribution in [0.5, 0.6) is 5.75 Å². The average molecular weight is 1150 g/mol. The second kappa shape index (κ2) is 52.6. The van der Waals surface area contributed by atoms with Gasteiger partial charge in [0.25, 0.3) is 0 Å². The van der Waals surface area contributed by atoms with Crippen LogP contribution in [0, 0.1) is 41.5 Å². The summed E-state index contributed by atoms with van der Waals surface area (Å²) in [5, 5.41) is 2.56. The molecule has 7 aromatic carbocycles. The lowest BCUT2D eigenvalue weighted by atomic mass is 10.1. The number of hydrazine groups is 1. The molecule has 464 valence electrons. The van der Waals surface area contributed by atoms with Gasteiger partial charge in [-0.15, -0.1) is 0 Å². The molecule has 0 radical (unpaired) electrons. The molecule has 0 aliphatic heterocycles. The Hall–Kier alpha value is -7.19. The van der Waals surface area contributed by atoms with Crippen molar-refractivity contribution in [3.8, 4) is 28.3 Å². The van der Waals surface area contributed by atoms with Gasteiger partial charge in [0.2, 0.25) is 0 Å². The predicted octanol–water partition coefficient (Wildman–Crippen LogP) is 23.1. The number of aromatic amines is 1. The lowest BCUT2D eigenvalue weighted by Gasteiger charge is -2.13. The standard InChI is InChI=1S/C27H30N2O.C16H15N.C9H10O.C7H10N2.9C2H6/c1-20-5-10-23(11-6-20)27-18-24-17-21(2)7-14-26(24)29(27)19-22-8-12-25(13-9-22)30-16-15-28(3)4;1-11-3-6-13(7-4-11)16-10-14-9-12(2)5-8-15(14)17-16;1-7-3-5-9(6-4-7)8(2)10;1-6-2-4-7(9-8)5-3-6;9*1-2/h5-14,17-18H,15-16,19H2,1-4H3;3-10,17H,1-2H3;3-6H,1-2H3;2-5,9H,8H2,1H3;9*1-2H3. The number of fused-ring (bicyclic) bond motifs is 2. The normalized spacial score (nSPS) is 9.01. The minimum atomic E-state index is 0.125. The van der Waals surface area contributed by atoms with Crippen LogP contribution in [0.3, 0.4) is 0 Å². The van der Waals surface area contributed by atoms with Crippen LogP contribution in [0.4, 0.5) is 5.69 Å². The molecule has 9 aromatic rings. The second-order valence-electron chi connectivity index (χ2n) is 17.4. The summed E-state index contributed by atoms with van der Waals surface area (Å²) in [6.45, 7) is 52.6. The van der Waals surface area contributed by atoms with Crippen LogP contribution in [0.25, 0.3) is 44.3 Å². The largest absolute Gasteiger partial charge is 0.492 e. The van der Waals surface area contributed by atoms with Gasteiger partial charge in [0.1, 0.15) is 12.4 Å². The number of ketones is 1. The Kier molecular flexibility index (Phi) is 52.1. The van der Waals surface area contributed by atoms with Gasteiger partial charge in [-0.3, -0.25) is 10.6 Å². The van der Waals surface area contributed by atoms with Crippen molar-refractivity contribution in [1.82, 2.24) is 14.5 Å². The van der Waals surface area contributed by atoms with E-state index < -0.39 is 0 Å². The van der Waals surface area contributed by atoms with Gasteiger partial charge in [0.15, 0.2) is 5.78 Å². The number of aryl methyl sites for hydroxylation is 6. The topological polar surface area (TPSA) is 88.3 Å². The van der Waals surface area contributed by atoms with Crippen LogP contribution in [0.2, 0.25) is 0 Å². The third-order valence-corrected chi connectivity index (χ3v) is 11.3. The molecule has 0 aliphatic rings. The molecule has 0 amide bonds. The molecule has 0 bridgehead atoms. The Labute approximate surface area is 515 Å². The monoisotopic (exact) mass is 1150 g/mol. The van der Waals surface area contributed by atoms with Crippen molar-refractivity contribution in [2.24, 2.45) is 5.84 Å². The molecule has 0 atom stereocenters. The zero-order valence-electron chi connectivity index (χ0n) is 58.1. The summed E-state index contributed by atoms with van der Waals surface area (Å²) >= 11 is 0. The molecule has 7 nitrogen and oxygen atoms in total. The third kappa shape index (κ3) is 32.0. The number of anilines is 1. The molecule has 0 unspecified atom stereocenters. The summed E-state index contributed by atoms with van der Waals surface area (Å²) < 4.78 is 8.26. The van der Waals surface area contributed by atoms with Crippen LogP contribution >= 0.6 is 0 Å². The van der Waals surface area contributed by atoms with Crippen molar-refractivity contribution < 1.29 is 9.53 Å². The van der Waals surface area contributed by atoms with E-state index in [1.807, 2.05) is 187 Å². The summed E-state index contributed by atoms with van der Waals surface area (Å²) in [4.78, 5) is 16.3. The minimum absolute atomic E-state index is 0.125. The lowest BCUT2D eigenvalue weighted by Crippen LogP contribution is -2.19. The zero-order valence-corrected chi connectivity index (χ0v) is 58.1. The molecule has 2 heterocycles. The van der Waals surface area contributed by atoms with Gasteiger partial charge in [-0.25, -0.2) is 0 Å². The summed E-state index contributed by atoms with van der Waals surface area (Å²) in [6, 6.07) is 59.1. The van der Waals surface area contributed by atoms with E-state index in [1.54, 1.807) is 6.92 Å². The van der Waals surface area contributed by atoms with Crippen LogP contribution in [-0.2, 0) is 6.54 Å². The molecule has 9 rings (SSSR count). The number of Topliss-reactive ketones (excluding diaryl/α,β-unsaturated/α-hetero) is 1. The fourth-order valence-corrected chi connectivity index (χ4v) is 7.32. The van der Waals surface area contributed by atoms with E-state index in [0.717, 1.165) is 30.1 Å². The molecular weight excluding hydrogens is 1030 g/mol. The number of likely N-dealkylation sites (N-methyl/N-ethyl adjacent to an activating group) is 1. The highest BCUT2D eigenvalue weighted by molar-refractivity contribution is 5.94. The van der Waals surface area contributed by atoms with E-state index in [-0.39, 0.29) is 5.78 Å². The van der Waals surface area contributed by atoms with Crippen LogP contribution < -0.4 is 16.0 Å². The van der Waals surface area contributed by atoms with Crippen molar-refractivity contribution in [2.45, 2.75) is 180 Å². The van der Waals surface area contributed by atoms with Gasteiger partial charge in [-0.05, 0) is 140 Å². The number of benzene rings is 7. The second-order valence-corrected chi connectivity index (χ2v) is 17.4. The fourth-order valence-electron chi connectivity index (χ4n) is 7.32. The Morgan fingerprint density at radius 3 is 1.32 bits per heavy atom. The summed E-state index contributed by atoms with van der Waals surface area (Å²) in [5.74, 6) is 6.20. The molecule has 0 aliphatic carbocycles. The number of rotatable bonds is 10. The number of hydrogen-bond donors (Lipinski definition) is 3. The van der Waals surface area contributed by atoms with Crippen molar-refractivity contribution in [1.29, 1.82) is 0 Å². The molecule has 0 spiro atoms. The molecule has 7 heteroatoms. The molecular formula is C77H119N5O2. The Morgan fingerprint density at radius 2 is 0.881 bits per heavy atom. The number of carbonyl (C=O) groups excluding carboxylic acids is 1. The van der Waals surface area contributed by atoms with Gasteiger partial charge in [-0.2, -0.15) is 0 Å². The maximum Gasteiger partial charge on any atom is 0.159 e. The Morgan fingerprint density at radius 1 is 0.476 bits per heavy atom. The average Bonchev–Trinajstić information content (AvgIpc) is 4.36. The van der Waals surface area contributed by atoms with E-state index >= 15 is 0 Å². The SMILES string of the molecule is CC.CC.CC.CC.CC.CC.CC.CC.CC.CC(=O)c1ccc(C)cc1.Cc1ccc(-c2cc3cc(C)ccc3[nH]2)cc1.Cc1ccc(-c2cc3cc(C)ccc3n2Cc2ccc(OCCN(C)C)cc2)cc1.Cc1ccc(NN)cc1. The highest BCUT2D eigenvalue weighted by Crippen LogP contribution is 2.31. The number of ether oxygens (including phenoxy) is 1. The Bertz CT molecular complexity index is 2930. The smallest absolute Gasteiger partial charge is 0.159 e. The molecule has 2 aromatic heterocycles. The first-order valence-electron chi connectivity index (χ1n) is 31.6. The molecule has 84 heavy (non-hydrogen) atoms. The number of hydrogen-bond acceptors (Lipinski definition) is 5. The maximum absolute atomic E-state index is 10.8. The zero-order chi connectivity index (χ0) is 65.2. The highest BCUT2D eigenvalue weighted by Gasteiger charge is 2.12. The van der Waals surface area contributed by atoms with Crippen molar-refractivity contribution in [3.05, 3.63) is 214 Å². The number of nitrogens with one attached hydrogen (secondary N) is 2. The molecule has 4 N–H and O–H groups in total. The van der Waals surface area contributed by atoms with Crippen molar-refractivity contribution in [2.75, 3.05) is 32.7 Å². The van der Waals surface area contributed by atoms with Gasteiger partial charge >= 0.3 is 0 Å². The van der Waals surface area contributed by atoms with E-state index in [9.17, 15) is 4.79 Å². The molecule has 0 saturated heterocycles. The molecule has 0 saturated carbocycles. The number of nitrogen functional groups attached to an aromatic ring is 1. The Balaban J connectivity index is -0.000000504. The third-order valence-electron chi connectivity index (χ3n) is 11.3. The lowest BCUT2D eigenvalue weighted by molar-refractivity contribution is 0.101. The van der Waals surface area contributed by atoms with Crippen LogP contribution in [0.15, 0.2) is 170 Å². The maximum atomic E-state index is 10.8. The van der Waals surface area contributed by atoms with Crippen molar-refractivity contribution >= 4 is 33.3 Å². The van der Waals surface area contributed by atoms with E-state index in [0.29, 0.717) is 6.61 Å². The van der Waals surface area contributed by atoms with Gasteiger partial charge in [0.05, 0.1) is 0 Å². The minimum Gasteiger partial charge on any atom is -0.492 e. The van der Waals surface area contributed by atoms with Gasteiger partial charge in [0, 0.05) is 57.5 Å². The van der Waals surface area contributed by atoms with Gasteiger partial charge < -0.3 is 24.6 Å². The first kappa shape index (κ1) is 83.3. The fraction of sp³-hybridized carbons (Fsp3) is 0.390. The summed E-state index contributed by atoms with van der Waals surface area (Å²) in [5.41, 5.74) is 20.5. The predicted molar refractivity (Wildman–Crippen MR) is 382 cm³/mol. The number of carbonyl (C=O) groups is 1. The highest BCUT2D eigenvalue weighted by atomic mass is 16.5. The summed E-state index contributed by atoms with van der Waals surface area (Å²) in [6.07, 6.45) is 0. The van der Waals surface area contributed by atoms with E-state index in [1.165, 1.54) is 83.3 Å². The number of nitrogens with zero attached hydrogens (tertiary/aromatic N) is 2. The first-order chi connectivity index (χ1) is 40.7. The van der Waals surface area contributed by atoms with Gasteiger partial charge in [-0.1, -0.05) is 267 Å². The summed E-state index contributed by atoms with van der Waals surface area (Å²) in [7, 11) is 4.11. The number of H-pyrrole nitrogens is 1.